The molecule has 6 heteroatoms. The Morgan fingerprint density at radius 2 is 2.07 bits per heavy atom. The first-order chi connectivity index (χ1) is 13.7. The number of amides is 2. The van der Waals surface area contributed by atoms with Crippen LogP contribution in [-0.4, -0.2) is 41.2 Å². The quantitative estimate of drug-likeness (QED) is 0.818. The lowest BCUT2D eigenvalue weighted by Crippen LogP contribution is -2.45. The summed E-state index contributed by atoms with van der Waals surface area (Å²) in [5.41, 5.74) is 0.212. The summed E-state index contributed by atoms with van der Waals surface area (Å²) in [5, 5.41) is 4.99. The van der Waals surface area contributed by atoms with Crippen molar-refractivity contribution in [2.75, 3.05) is 13.1 Å². The van der Waals surface area contributed by atoms with Gasteiger partial charge in [0.05, 0.1) is 0 Å². The van der Waals surface area contributed by atoms with Crippen molar-refractivity contribution < 1.29 is 9.59 Å². The van der Waals surface area contributed by atoms with Gasteiger partial charge in [-0.2, -0.15) is 0 Å². The van der Waals surface area contributed by atoms with Gasteiger partial charge in [-0.05, 0) is 36.3 Å². The van der Waals surface area contributed by atoms with Crippen LogP contribution in [0.3, 0.4) is 0 Å². The second-order valence-corrected chi connectivity index (χ2v) is 8.68. The van der Waals surface area contributed by atoms with Gasteiger partial charge in [0.25, 0.3) is 5.91 Å². The fraction of sp³-hybridized carbons (Fsp3) is 0.318. The Morgan fingerprint density at radius 1 is 1.21 bits per heavy atom. The van der Waals surface area contributed by atoms with Gasteiger partial charge in [-0.1, -0.05) is 36.4 Å². The molecule has 1 aromatic carbocycles. The molecule has 2 aliphatic heterocycles. The standard InChI is InChI=1S/C22H21N3O2S/c26-19(9-8-17-7-4-12-28-17)25-13-16-10-11-22(18(16)14-25)21(27)23-20(24-22)15-5-2-1-3-6-15/h1-9,12,16,18H,10-11,13-14H2,(H,23,24,27)/b9-8+/t16-,18+,22-/m1/s1. The fourth-order valence-electron chi connectivity index (χ4n) is 4.77. The number of nitrogens with zero attached hydrogens (tertiary/aromatic N) is 2. The number of aliphatic imine (C=N–C) groups is 1. The number of rotatable bonds is 3. The third kappa shape index (κ3) is 2.79. The summed E-state index contributed by atoms with van der Waals surface area (Å²) < 4.78 is 0. The van der Waals surface area contributed by atoms with E-state index in [0.717, 1.165) is 23.3 Å². The van der Waals surface area contributed by atoms with E-state index in [1.807, 2.05) is 58.8 Å². The van der Waals surface area contributed by atoms with Crippen LogP contribution in [0.15, 0.2) is 58.9 Å². The molecule has 3 atom stereocenters. The minimum atomic E-state index is -0.720. The third-order valence-electron chi connectivity index (χ3n) is 6.18. The van der Waals surface area contributed by atoms with Gasteiger partial charge in [-0.25, -0.2) is 0 Å². The molecule has 3 heterocycles. The molecule has 3 aliphatic rings. The molecular formula is C22H21N3O2S. The summed E-state index contributed by atoms with van der Waals surface area (Å²) in [6.45, 7) is 1.31. The molecular weight excluding hydrogens is 370 g/mol. The zero-order valence-corrected chi connectivity index (χ0v) is 16.2. The Labute approximate surface area is 167 Å². The number of likely N-dealkylation sites (tertiary alicyclic amines) is 1. The molecule has 142 valence electrons. The zero-order valence-electron chi connectivity index (χ0n) is 15.4. The van der Waals surface area contributed by atoms with Crippen LogP contribution in [0.5, 0.6) is 0 Å². The summed E-state index contributed by atoms with van der Waals surface area (Å²) in [7, 11) is 0. The first-order valence-electron chi connectivity index (χ1n) is 9.63. The summed E-state index contributed by atoms with van der Waals surface area (Å²) in [6, 6.07) is 13.7. The second kappa shape index (κ2) is 6.71. The van der Waals surface area contributed by atoms with E-state index in [1.165, 1.54) is 0 Å². The van der Waals surface area contributed by atoms with Crippen LogP contribution >= 0.6 is 11.3 Å². The number of amidine groups is 1. The highest BCUT2D eigenvalue weighted by Gasteiger charge is 2.59. The van der Waals surface area contributed by atoms with E-state index in [1.54, 1.807) is 17.4 Å². The van der Waals surface area contributed by atoms with E-state index < -0.39 is 5.54 Å². The van der Waals surface area contributed by atoms with Crippen molar-refractivity contribution in [3.8, 4) is 0 Å². The molecule has 5 rings (SSSR count). The largest absolute Gasteiger partial charge is 0.338 e. The van der Waals surface area contributed by atoms with Crippen LogP contribution in [-0.2, 0) is 9.59 Å². The van der Waals surface area contributed by atoms with E-state index in [9.17, 15) is 9.59 Å². The molecule has 0 unspecified atom stereocenters. The minimum absolute atomic E-state index is 0.0118. The highest BCUT2D eigenvalue weighted by Crippen LogP contribution is 2.49. The van der Waals surface area contributed by atoms with Gasteiger partial charge >= 0.3 is 0 Å². The van der Waals surface area contributed by atoms with E-state index in [0.29, 0.717) is 24.8 Å². The highest BCUT2D eigenvalue weighted by molar-refractivity contribution is 7.10. The van der Waals surface area contributed by atoms with E-state index in [-0.39, 0.29) is 17.7 Å². The van der Waals surface area contributed by atoms with Gasteiger partial charge in [0.2, 0.25) is 5.91 Å². The zero-order chi connectivity index (χ0) is 19.1. The average molecular weight is 391 g/mol. The predicted octanol–water partition coefficient (Wildman–Crippen LogP) is 2.95. The van der Waals surface area contributed by atoms with E-state index in [4.69, 9.17) is 4.99 Å². The van der Waals surface area contributed by atoms with Crippen LogP contribution in [0.1, 0.15) is 23.3 Å². The van der Waals surface area contributed by atoms with Crippen LogP contribution in [0.25, 0.3) is 6.08 Å². The molecule has 0 bridgehead atoms. The minimum Gasteiger partial charge on any atom is -0.338 e. The Hall–Kier alpha value is -2.73. The Morgan fingerprint density at radius 3 is 2.86 bits per heavy atom. The van der Waals surface area contributed by atoms with E-state index in [2.05, 4.69) is 5.32 Å². The Bertz CT molecular complexity index is 967. The van der Waals surface area contributed by atoms with Crippen molar-refractivity contribution in [3.05, 3.63) is 64.4 Å². The predicted molar refractivity (Wildman–Crippen MR) is 110 cm³/mol. The maximum absolute atomic E-state index is 12.9. The van der Waals surface area contributed by atoms with Gasteiger partial charge in [0, 0.05) is 35.5 Å². The van der Waals surface area contributed by atoms with Gasteiger partial charge in [0.15, 0.2) is 0 Å². The van der Waals surface area contributed by atoms with Crippen molar-refractivity contribution in [2.45, 2.75) is 18.4 Å². The maximum atomic E-state index is 12.9. The smallest absolute Gasteiger partial charge is 0.253 e. The number of nitrogens with one attached hydrogen (secondary N) is 1. The van der Waals surface area contributed by atoms with Gasteiger partial charge < -0.3 is 10.2 Å². The summed E-state index contributed by atoms with van der Waals surface area (Å²) in [5.74, 6) is 1.09. The molecule has 1 N–H and O–H groups in total. The molecule has 28 heavy (non-hydrogen) atoms. The fourth-order valence-corrected chi connectivity index (χ4v) is 5.39. The summed E-state index contributed by atoms with van der Waals surface area (Å²) in [4.78, 5) is 33.4. The van der Waals surface area contributed by atoms with Crippen molar-refractivity contribution in [1.29, 1.82) is 0 Å². The SMILES string of the molecule is O=C(/C=C/c1cccs1)N1C[C@H]2CC[C@@]3(N=C(c4ccccc4)NC3=O)[C@H]2C1. The Kier molecular flexibility index (Phi) is 4.16. The number of hydrogen-bond acceptors (Lipinski definition) is 4. The first-order valence-corrected chi connectivity index (χ1v) is 10.5. The van der Waals surface area contributed by atoms with Crippen molar-refractivity contribution >= 4 is 35.1 Å². The number of carbonyl (C=O) groups is 2. The van der Waals surface area contributed by atoms with Crippen molar-refractivity contribution in [2.24, 2.45) is 16.8 Å². The molecule has 2 amide bonds. The van der Waals surface area contributed by atoms with Gasteiger partial charge in [0.1, 0.15) is 11.4 Å². The molecule has 2 aromatic rings. The lowest BCUT2D eigenvalue weighted by molar-refractivity contribution is -0.127. The lowest BCUT2D eigenvalue weighted by atomic mass is 9.85. The van der Waals surface area contributed by atoms with Crippen LogP contribution in [0, 0.1) is 11.8 Å². The second-order valence-electron chi connectivity index (χ2n) is 7.70. The maximum Gasteiger partial charge on any atom is 0.253 e. The number of thiophene rings is 1. The number of fused-ring (bicyclic) bond motifs is 2. The molecule has 1 aliphatic carbocycles. The van der Waals surface area contributed by atoms with Crippen LogP contribution in [0.2, 0.25) is 0 Å². The average Bonchev–Trinajstić information content (AvgIpc) is 3.48. The van der Waals surface area contributed by atoms with Gasteiger partial charge in [-0.15, -0.1) is 11.3 Å². The lowest BCUT2D eigenvalue weighted by Gasteiger charge is -2.25. The molecule has 1 saturated carbocycles. The molecule has 1 saturated heterocycles. The molecule has 1 aromatic heterocycles. The van der Waals surface area contributed by atoms with E-state index >= 15 is 0 Å². The highest BCUT2D eigenvalue weighted by atomic mass is 32.1. The third-order valence-corrected chi connectivity index (χ3v) is 7.02. The number of hydrogen-bond donors (Lipinski definition) is 1. The topological polar surface area (TPSA) is 61.8 Å². The Balaban J connectivity index is 1.36. The molecule has 0 radical (unpaired) electrons. The number of benzene rings is 1. The van der Waals surface area contributed by atoms with Crippen LogP contribution < -0.4 is 5.32 Å². The first kappa shape index (κ1) is 17.4. The van der Waals surface area contributed by atoms with Crippen LogP contribution in [0.4, 0.5) is 0 Å². The summed E-state index contributed by atoms with van der Waals surface area (Å²) in [6.07, 6.45) is 5.21. The van der Waals surface area contributed by atoms with Gasteiger partial charge in [-0.3, -0.25) is 14.6 Å². The molecule has 1 spiro atoms. The van der Waals surface area contributed by atoms with Crippen molar-refractivity contribution in [3.63, 3.8) is 0 Å². The summed E-state index contributed by atoms with van der Waals surface area (Å²) >= 11 is 1.61. The van der Waals surface area contributed by atoms with Crippen molar-refractivity contribution in [1.82, 2.24) is 10.2 Å². The number of carbonyl (C=O) groups excluding carboxylic acids is 2. The molecule has 5 nitrogen and oxygen atoms in total. The normalized spacial score (nSPS) is 28.8. The monoisotopic (exact) mass is 391 g/mol. The molecule has 2 fully saturated rings.